The molecule has 0 aliphatic heterocycles. The molecule has 0 fully saturated rings. The Morgan fingerprint density at radius 3 is 3.00 bits per heavy atom. The highest BCUT2D eigenvalue weighted by atomic mass is 32.1. The summed E-state index contributed by atoms with van der Waals surface area (Å²) in [5.41, 5.74) is 5.84. The summed E-state index contributed by atoms with van der Waals surface area (Å²) in [6.45, 7) is 3.48. The van der Waals surface area contributed by atoms with Crippen LogP contribution in [0.5, 0.6) is 0 Å². The molecule has 0 saturated heterocycles. The molecule has 2 atom stereocenters. The van der Waals surface area contributed by atoms with Crippen LogP contribution in [0.25, 0.3) is 0 Å². The van der Waals surface area contributed by atoms with E-state index < -0.39 is 0 Å². The summed E-state index contributed by atoms with van der Waals surface area (Å²) in [4.78, 5) is 4.30. The van der Waals surface area contributed by atoms with Gasteiger partial charge in [-0.3, -0.25) is 0 Å². The molecule has 1 aromatic heterocycles. The van der Waals surface area contributed by atoms with Gasteiger partial charge in [-0.15, -0.1) is 11.3 Å². The van der Waals surface area contributed by atoms with Crippen molar-refractivity contribution in [2.75, 3.05) is 20.3 Å². The molecule has 0 saturated carbocycles. The fourth-order valence-electron chi connectivity index (χ4n) is 1.38. The van der Waals surface area contributed by atoms with Crippen LogP contribution in [0.15, 0.2) is 11.6 Å². The van der Waals surface area contributed by atoms with E-state index in [4.69, 9.17) is 10.5 Å². The third-order valence-electron chi connectivity index (χ3n) is 2.16. The minimum Gasteiger partial charge on any atom is -0.383 e. The molecular weight excluding hydrogens is 210 g/mol. The van der Waals surface area contributed by atoms with Gasteiger partial charge in [0, 0.05) is 31.3 Å². The van der Waals surface area contributed by atoms with Crippen molar-refractivity contribution >= 4 is 11.3 Å². The summed E-state index contributed by atoms with van der Waals surface area (Å²) >= 11 is 1.67. The van der Waals surface area contributed by atoms with Crippen LogP contribution >= 0.6 is 11.3 Å². The molecule has 0 aromatic carbocycles. The van der Waals surface area contributed by atoms with E-state index in [0.717, 1.165) is 18.0 Å². The predicted octanol–water partition coefficient (Wildman–Crippen LogP) is 1.16. The van der Waals surface area contributed by atoms with Crippen molar-refractivity contribution in [1.82, 2.24) is 10.3 Å². The van der Waals surface area contributed by atoms with E-state index in [1.165, 1.54) is 0 Å². The van der Waals surface area contributed by atoms with Gasteiger partial charge in [0.1, 0.15) is 5.01 Å². The summed E-state index contributed by atoms with van der Waals surface area (Å²) in [7, 11) is 1.66. The maximum Gasteiger partial charge on any atom is 0.109 e. The molecule has 1 heterocycles. The molecule has 0 radical (unpaired) electrons. The zero-order valence-corrected chi connectivity index (χ0v) is 10.1. The largest absolute Gasteiger partial charge is 0.383 e. The van der Waals surface area contributed by atoms with Crippen LogP contribution in [0, 0.1) is 0 Å². The summed E-state index contributed by atoms with van der Waals surface area (Å²) in [5, 5.41) is 6.52. The molecule has 1 aromatic rings. The fraction of sp³-hybridized carbons (Fsp3) is 0.700. The molecule has 1 rings (SSSR count). The van der Waals surface area contributed by atoms with Crippen molar-refractivity contribution in [1.29, 1.82) is 0 Å². The Labute approximate surface area is 94.8 Å². The van der Waals surface area contributed by atoms with Gasteiger partial charge < -0.3 is 15.8 Å². The van der Waals surface area contributed by atoms with Crippen molar-refractivity contribution in [3.63, 3.8) is 0 Å². The van der Waals surface area contributed by atoms with Crippen LogP contribution in [-0.2, 0) is 4.74 Å². The monoisotopic (exact) mass is 229 g/mol. The number of thiazole rings is 1. The Morgan fingerprint density at radius 2 is 2.47 bits per heavy atom. The lowest BCUT2D eigenvalue weighted by molar-refractivity contribution is 0.177. The molecule has 86 valence electrons. The van der Waals surface area contributed by atoms with Crippen LogP contribution in [0.4, 0.5) is 0 Å². The van der Waals surface area contributed by atoms with Gasteiger partial charge in [0.25, 0.3) is 0 Å². The topological polar surface area (TPSA) is 60.2 Å². The van der Waals surface area contributed by atoms with Gasteiger partial charge in [-0.1, -0.05) is 6.92 Å². The van der Waals surface area contributed by atoms with Gasteiger partial charge >= 0.3 is 0 Å². The number of hydrogen-bond donors (Lipinski definition) is 2. The highest BCUT2D eigenvalue weighted by Crippen LogP contribution is 2.18. The van der Waals surface area contributed by atoms with Crippen LogP contribution in [0.3, 0.4) is 0 Å². The lowest BCUT2D eigenvalue weighted by atomic mass is 10.2. The van der Waals surface area contributed by atoms with Gasteiger partial charge in [0.2, 0.25) is 0 Å². The maximum absolute atomic E-state index is 5.84. The predicted molar refractivity (Wildman–Crippen MR) is 63.0 cm³/mol. The van der Waals surface area contributed by atoms with Crippen molar-refractivity contribution in [2.24, 2.45) is 5.73 Å². The average Bonchev–Trinajstić information content (AvgIpc) is 2.72. The second-order valence-corrected chi connectivity index (χ2v) is 4.38. The summed E-state index contributed by atoms with van der Waals surface area (Å²) in [6.07, 6.45) is 2.85. The minimum absolute atomic E-state index is 0.0454. The Bertz CT molecular complexity index is 253. The number of rotatable bonds is 7. The third kappa shape index (κ3) is 4.25. The van der Waals surface area contributed by atoms with E-state index in [-0.39, 0.29) is 6.04 Å². The van der Waals surface area contributed by atoms with E-state index in [1.54, 1.807) is 18.4 Å². The summed E-state index contributed by atoms with van der Waals surface area (Å²) in [5.74, 6) is 0. The Morgan fingerprint density at radius 1 is 1.67 bits per heavy atom. The van der Waals surface area contributed by atoms with Gasteiger partial charge in [0.05, 0.1) is 12.6 Å². The molecule has 4 nitrogen and oxygen atoms in total. The normalized spacial score (nSPS) is 15.1. The van der Waals surface area contributed by atoms with Crippen LogP contribution in [-0.4, -0.2) is 31.3 Å². The van der Waals surface area contributed by atoms with Crippen LogP contribution in [0.1, 0.15) is 24.4 Å². The van der Waals surface area contributed by atoms with Crippen molar-refractivity contribution in [2.45, 2.75) is 25.4 Å². The maximum atomic E-state index is 5.84. The van der Waals surface area contributed by atoms with Gasteiger partial charge in [0.15, 0.2) is 0 Å². The number of nitrogens with two attached hydrogens (primary N) is 1. The lowest BCUT2D eigenvalue weighted by Crippen LogP contribution is -2.38. The first-order valence-electron chi connectivity index (χ1n) is 5.15. The molecule has 5 heteroatoms. The zero-order valence-electron chi connectivity index (χ0n) is 9.27. The first kappa shape index (κ1) is 12.6. The van der Waals surface area contributed by atoms with Crippen LogP contribution in [0.2, 0.25) is 0 Å². The second-order valence-electron chi connectivity index (χ2n) is 3.45. The van der Waals surface area contributed by atoms with E-state index in [2.05, 4.69) is 17.2 Å². The molecule has 15 heavy (non-hydrogen) atoms. The van der Waals surface area contributed by atoms with Crippen LogP contribution < -0.4 is 11.1 Å². The first-order chi connectivity index (χ1) is 7.27. The highest BCUT2D eigenvalue weighted by Gasteiger charge is 2.12. The lowest BCUT2D eigenvalue weighted by Gasteiger charge is -2.17. The molecule has 0 spiro atoms. The average molecular weight is 229 g/mol. The zero-order chi connectivity index (χ0) is 11.1. The van der Waals surface area contributed by atoms with Gasteiger partial charge in [-0.25, -0.2) is 4.98 Å². The molecule has 2 unspecified atom stereocenters. The molecule has 0 aliphatic carbocycles. The van der Waals surface area contributed by atoms with E-state index >= 15 is 0 Å². The Balaban J connectivity index is 2.35. The molecule has 0 aliphatic rings. The Kier molecular flexibility index (Phi) is 5.78. The van der Waals surface area contributed by atoms with Crippen molar-refractivity contribution in [3.8, 4) is 0 Å². The van der Waals surface area contributed by atoms with E-state index in [0.29, 0.717) is 12.6 Å². The quantitative estimate of drug-likeness (QED) is 0.736. The SMILES string of the molecule is CCC(NCC(N)COC)c1nccs1. The highest BCUT2D eigenvalue weighted by molar-refractivity contribution is 7.09. The van der Waals surface area contributed by atoms with E-state index in [1.807, 2.05) is 11.6 Å². The third-order valence-corrected chi connectivity index (χ3v) is 3.05. The first-order valence-corrected chi connectivity index (χ1v) is 6.03. The summed E-state index contributed by atoms with van der Waals surface area (Å²) in [6, 6.07) is 0.358. The smallest absolute Gasteiger partial charge is 0.109 e. The molecule has 3 N–H and O–H groups in total. The van der Waals surface area contributed by atoms with E-state index in [9.17, 15) is 0 Å². The fourth-order valence-corrected chi connectivity index (χ4v) is 2.18. The second kappa shape index (κ2) is 6.90. The molecule has 0 bridgehead atoms. The standard InChI is InChI=1S/C10H19N3OS/c1-3-9(10-12-4-5-15-10)13-6-8(11)7-14-2/h4-5,8-9,13H,3,6-7,11H2,1-2H3. The minimum atomic E-state index is 0.0454. The number of nitrogens with one attached hydrogen (secondary N) is 1. The molecular formula is C10H19N3OS. The Hall–Kier alpha value is -0.490. The van der Waals surface area contributed by atoms with Gasteiger partial charge in [-0.05, 0) is 6.42 Å². The van der Waals surface area contributed by atoms with Gasteiger partial charge in [-0.2, -0.15) is 0 Å². The van der Waals surface area contributed by atoms with Crippen molar-refractivity contribution < 1.29 is 4.74 Å². The number of aromatic nitrogens is 1. The number of hydrogen-bond acceptors (Lipinski definition) is 5. The molecule has 0 amide bonds. The number of ether oxygens (including phenoxy) is 1. The van der Waals surface area contributed by atoms with Crippen molar-refractivity contribution in [3.05, 3.63) is 16.6 Å². The number of methoxy groups -OCH3 is 1. The number of nitrogens with zero attached hydrogens (tertiary/aromatic N) is 1. The summed E-state index contributed by atoms with van der Waals surface area (Å²) < 4.78 is 4.98.